The Hall–Kier alpha value is -3.45. The molecule has 4 rings (SSSR count). The van der Waals surface area contributed by atoms with Gasteiger partial charge in [0.05, 0.1) is 10.4 Å². The van der Waals surface area contributed by atoms with Crippen molar-refractivity contribution in [2.24, 2.45) is 0 Å². The molecule has 0 saturated carbocycles. The van der Waals surface area contributed by atoms with Gasteiger partial charge >= 0.3 is 0 Å². The fraction of sp³-hybridized carbons (Fsp3) is 0.125. The number of amides is 1. The molecule has 0 fully saturated rings. The smallest absolute Gasteiger partial charge is 0.268 e. The highest BCUT2D eigenvalue weighted by Crippen LogP contribution is 2.23. The number of carbonyl (C=O) groups excluding carboxylic acids is 1. The highest BCUT2D eigenvalue weighted by atomic mass is 32.2. The molecule has 0 aliphatic carbocycles. The lowest BCUT2D eigenvalue weighted by molar-refractivity contribution is 0.0953. The van der Waals surface area contributed by atoms with E-state index in [1.807, 2.05) is 25.1 Å². The number of aromatic nitrogens is 1. The number of halogens is 1. The Bertz CT molecular complexity index is 1360. The first-order valence-electron chi connectivity index (χ1n) is 9.80. The Morgan fingerprint density at radius 3 is 2.52 bits per heavy atom. The number of carbonyl (C=O) groups is 1. The van der Waals surface area contributed by atoms with Gasteiger partial charge in [0.1, 0.15) is 5.82 Å². The molecule has 0 radical (unpaired) electrons. The summed E-state index contributed by atoms with van der Waals surface area (Å²) >= 11 is 0. The van der Waals surface area contributed by atoms with Crippen LogP contribution in [0.25, 0.3) is 10.9 Å². The average molecular weight is 437 g/mol. The monoisotopic (exact) mass is 436 g/mol. The Morgan fingerprint density at radius 1 is 1.00 bits per heavy atom. The van der Waals surface area contributed by atoms with Crippen molar-refractivity contribution in [3.8, 4) is 0 Å². The number of rotatable bonds is 6. The molecule has 0 atom stereocenters. The molecule has 4 aromatic rings. The third-order valence-corrected chi connectivity index (χ3v) is 6.79. The maximum Gasteiger partial charge on any atom is 0.268 e. The largest absolute Gasteiger partial charge is 0.352 e. The summed E-state index contributed by atoms with van der Waals surface area (Å²) in [6.45, 7) is 2.24. The molecule has 0 saturated heterocycles. The van der Waals surface area contributed by atoms with Crippen molar-refractivity contribution in [1.82, 2.24) is 9.29 Å². The van der Waals surface area contributed by atoms with E-state index >= 15 is 0 Å². The number of benzene rings is 3. The summed E-state index contributed by atoms with van der Waals surface area (Å²) < 4.78 is 40.7. The van der Waals surface area contributed by atoms with Crippen molar-refractivity contribution in [3.63, 3.8) is 0 Å². The van der Waals surface area contributed by atoms with Crippen LogP contribution in [0, 0.1) is 12.7 Å². The van der Waals surface area contributed by atoms with E-state index in [-0.39, 0.29) is 16.4 Å². The lowest BCUT2D eigenvalue weighted by atomic mass is 10.1. The van der Waals surface area contributed by atoms with Gasteiger partial charge in [0.25, 0.3) is 15.9 Å². The lowest BCUT2D eigenvalue weighted by Crippen LogP contribution is -2.25. The van der Waals surface area contributed by atoms with Crippen molar-refractivity contribution in [2.45, 2.75) is 18.2 Å². The molecule has 1 heterocycles. The van der Waals surface area contributed by atoms with E-state index in [2.05, 4.69) is 5.32 Å². The third kappa shape index (κ3) is 4.36. The van der Waals surface area contributed by atoms with E-state index in [1.54, 1.807) is 42.6 Å². The first-order chi connectivity index (χ1) is 14.8. The van der Waals surface area contributed by atoms with Crippen molar-refractivity contribution in [3.05, 3.63) is 102 Å². The fourth-order valence-electron chi connectivity index (χ4n) is 3.39. The van der Waals surface area contributed by atoms with Gasteiger partial charge in [-0.1, -0.05) is 35.9 Å². The number of aryl methyl sites for hydroxylation is 1. The number of hydrogen-bond acceptors (Lipinski definition) is 3. The van der Waals surface area contributed by atoms with Crippen LogP contribution in [0.1, 0.15) is 21.5 Å². The van der Waals surface area contributed by atoms with Crippen molar-refractivity contribution < 1.29 is 17.6 Å². The van der Waals surface area contributed by atoms with Gasteiger partial charge in [0.2, 0.25) is 0 Å². The van der Waals surface area contributed by atoms with E-state index in [0.29, 0.717) is 18.5 Å². The van der Waals surface area contributed by atoms with Crippen LogP contribution in [0.3, 0.4) is 0 Å². The third-order valence-electron chi connectivity index (χ3n) is 5.09. The molecule has 0 bridgehead atoms. The summed E-state index contributed by atoms with van der Waals surface area (Å²) in [5.74, 6) is -0.820. The van der Waals surface area contributed by atoms with Gasteiger partial charge in [-0.3, -0.25) is 4.79 Å². The molecule has 31 heavy (non-hydrogen) atoms. The second kappa shape index (κ2) is 8.35. The first kappa shape index (κ1) is 20.8. The van der Waals surface area contributed by atoms with E-state index in [9.17, 15) is 17.6 Å². The predicted molar refractivity (Wildman–Crippen MR) is 118 cm³/mol. The minimum atomic E-state index is -3.72. The van der Waals surface area contributed by atoms with E-state index in [1.165, 1.54) is 22.2 Å². The second-order valence-electron chi connectivity index (χ2n) is 7.34. The van der Waals surface area contributed by atoms with Crippen molar-refractivity contribution >= 4 is 26.8 Å². The van der Waals surface area contributed by atoms with E-state index in [4.69, 9.17) is 0 Å². The van der Waals surface area contributed by atoms with Crippen LogP contribution in [0.2, 0.25) is 0 Å². The van der Waals surface area contributed by atoms with Crippen molar-refractivity contribution in [1.29, 1.82) is 0 Å². The molecule has 0 aliphatic rings. The van der Waals surface area contributed by atoms with Gasteiger partial charge in [0, 0.05) is 23.7 Å². The average Bonchev–Trinajstić information content (AvgIpc) is 3.18. The standard InChI is InChI=1S/C24H21FN2O3S/c1-17-5-9-22(10-6-17)31(29,30)27-14-12-19-8-7-18(15-23(19)27)11-13-26-24(28)20-3-2-4-21(25)16-20/h2-10,12,14-16H,11,13H2,1H3,(H,26,28). The Labute approximate surface area is 180 Å². The van der Waals surface area contributed by atoms with Crippen molar-refractivity contribution in [2.75, 3.05) is 6.54 Å². The van der Waals surface area contributed by atoms with Gasteiger partial charge in [-0.25, -0.2) is 16.8 Å². The number of nitrogens with one attached hydrogen (secondary N) is 1. The Morgan fingerprint density at radius 2 is 1.77 bits per heavy atom. The topological polar surface area (TPSA) is 68.2 Å². The maximum atomic E-state index is 13.3. The van der Waals surface area contributed by atoms with Gasteiger partial charge in [-0.15, -0.1) is 0 Å². The molecule has 0 spiro atoms. The molecule has 7 heteroatoms. The van der Waals surface area contributed by atoms with Crippen LogP contribution >= 0.6 is 0 Å². The normalized spacial score (nSPS) is 11.5. The molecule has 1 N–H and O–H groups in total. The highest BCUT2D eigenvalue weighted by molar-refractivity contribution is 7.90. The summed E-state index contributed by atoms with van der Waals surface area (Å²) in [4.78, 5) is 12.4. The molecular formula is C24H21FN2O3S. The zero-order valence-corrected chi connectivity index (χ0v) is 17.7. The molecule has 3 aromatic carbocycles. The SMILES string of the molecule is Cc1ccc(S(=O)(=O)n2ccc3ccc(CCNC(=O)c4cccc(F)c4)cc32)cc1. The molecule has 1 amide bonds. The summed E-state index contributed by atoms with van der Waals surface area (Å²) in [5, 5.41) is 3.57. The minimum absolute atomic E-state index is 0.225. The molecule has 0 aliphatic heterocycles. The van der Waals surface area contributed by atoms with Gasteiger partial charge < -0.3 is 5.32 Å². The van der Waals surface area contributed by atoms with E-state index in [0.717, 1.165) is 16.5 Å². The zero-order chi connectivity index (χ0) is 22.0. The second-order valence-corrected chi connectivity index (χ2v) is 9.15. The number of fused-ring (bicyclic) bond motifs is 1. The molecule has 1 aromatic heterocycles. The quantitative estimate of drug-likeness (QED) is 0.490. The van der Waals surface area contributed by atoms with Crippen LogP contribution in [-0.4, -0.2) is 24.8 Å². The fourth-order valence-corrected chi connectivity index (χ4v) is 4.74. The van der Waals surface area contributed by atoms with Crippen LogP contribution in [0.15, 0.2) is 83.9 Å². The lowest BCUT2D eigenvalue weighted by Gasteiger charge is -2.10. The molecular weight excluding hydrogens is 415 g/mol. The zero-order valence-electron chi connectivity index (χ0n) is 16.9. The molecule has 0 unspecified atom stereocenters. The van der Waals surface area contributed by atoms with Crippen LogP contribution in [-0.2, 0) is 16.4 Å². The number of nitrogens with zero attached hydrogens (tertiary/aromatic N) is 1. The van der Waals surface area contributed by atoms with Crippen LogP contribution in [0.4, 0.5) is 4.39 Å². The van der Waals surface area contributed by atoms with Gasteiger partial charge in [-0.05, 0) is 61.4 Å². The van der Waals surface area contributed by atoms with Gasteiger partial charge in [-0.2, -0.15) is 0 Å². The van der Waals surface area contributed by atoms with Crippen LogP contribution in [0.5, 0.6) is 0 Å². The summed E-state index contributed by atoms with van der Waals surface area (Å²) in [6, 6.07) is 19.6. The summed E-state index contributed by atoms with van der Waals surface area (Å²) in [7, 11) is -3.72. The van der Waals surface area contributed by atoms with Gasteiger partial charge in [0.15, 0.2) is 0 Å². The molecule has 158 valence electrons. The minimum Gasteiger partial charge on any atom is -0.352 e. The Balaban J connectivity index is 1.53. The first-order valence-corrected chi connectivity index (χ1v) is 11.2. The Kier molecular flexibility index (Phi) is 5.61. The van der Waals surface area contributed by atoms with Crippen LogP contribution < -0.4 is 5.32 Å². The summed E-state index contributed by atoms with van der Waals surface area (Å²) in [6.07, 6.45) is 2.06. The predicted octanol–water partition coefficient (Wildman–Crippen LogP) is 4.30. The highest BCUT2D eigenvalue weighted by Gasteiger charge is 2.19. The number of hydrogen-bond donors (Lipinski definition) is 1. The van der Waals surface area contributed by atoms with E-state index < -0.39 is 15.8 Å². The maximum absolute atomic E-state index is 13.3. The molecule has 5 nitrogen and oxygen atoms in total. The summed E-state index contributed by atoms with van der Waals surface area (Å²) in [5.41, 5.74) is 2.70.